The van der Waals surface area contributed by atoms with Gasteiger partial charge in [0, 0.05) is 13.8 Å². The third kappa shape index (κ3) is 3.90. The van der Waals surface area contributed by atoms with Gasteiger partial charge >= 0.3 is 17.9 Å². The zero-order chi connectivity index (χ0) is 15.4. The molecule has 0 radical (unpaired) electrons. The summed E-state index contributed by atoms with van der Waals surface area (Å²) in [5.74, 6) is -2.19. The highest BCUT2D eigenvalue weighted by atomic mass is 79.9. The Morgan fingerprint density at radius 3 is 2.05 bits per heavy atom. The Labute approximate surface area is 123 Å². The van der Waals surface area contributed by atoms with Crippen molar-refractivity contribution in [3.05, 3.63) is 0 Å². The highest BCUT2D eigenvalue weighted by Gasteiger charge is 2.51. The van der Waals surface area contributed by atoms with Gasteiger partial charge in [-0.25, -0.2) is 4.79 Å². The number of hydrogen-bond donors (Lipinski definition) is 1. The quantitative estimate of drug-likeness (QED) is 0.410. The Morgan fingerprint density at radius 1 is 1.10 bits per heavy atom. The molecule has 0 aromatic rings. The van der Waals surface area contributed by atoms with Crippen LogP contribution in [0.4, 0.5) is 0 Å². The number of rotatable bonds is 3. The monoisotopic (exact) mass is 354 g/mol. The number of carbonyl (C=O) groups excluding carboxylic acids is 3. The van der Waals surface area contributed by atoms with Crippen LogP contribution in [-0.4, -0.2) is 59.6 Å². The van der Waals surface area contributed by atoms with Crippen molar-refractivity contribution in [3.63, 3.8) is 0 Å². The number of ether oxygens (including phenoxy) is 4. The van der Waals surface area contributed by atoms with Crippen LogP contribution in [0.25, 0.3) is 0 Å². The average Bonchev–Trinajstić information content (AvgIpc) is 2.36. The molecule has 0 bridgehead atoms. The smallest absolute Gasteiger partial charge is 0.339 e. The summed E-state index contributed by atoms with van der Waals surface area (Å²) in [5.41, 5.74) is 0. The molecule has 5 atom stereocenters. The van der Waals surface area contributed by atoms with E-state index in [1.54, 1.807) is 0 Å². The lowest BCUT2D eigenvalue weighted by Gasteiger charge is -2.40. The maximum Gasteiger partial charge on any atom is 0.339 e. The summed E-state index contributed by atoms with van der Waals surface area (Å²) in [6.45, 7) is 2.27. The van der Waals surface area contributed by atoms with E-state index in [1.807, 2.05) is 0 Å². The Bertz CT molecular complexity index is 398. The molecule has 8 nitrogen and oxygen atoms in total. The second kappa shape index (κ2) is 7.00. The molecule has 114 valence electrons. The van der Waals surface area contributed by atoms with E-state index in [9.17, 15) is 19.5 Å². The number of esters is 3. The highest BCUT2D eigenvalue weighted by Crippen LogP contribution is 2.29. The molecule has 0 aromatic heterocycles. The van der Waals surface area contributed by atoms with Crippen molar-refractivity contribution in [1.82, 2.24) is 0 Å². The fraction of sp³-hybridized carbons (Fsp3) is 0.727. The molecular weight excluding hydrogens is 340 g/mol. The van der Waals surface area contributed by atoms with E-state index >= 15 is 0 Å². The van der Waals surface area contributed by atoms with Crippen LogP contribution in [0.5, 0.6) is 0 Å². The maximum absolute atomic E-state index is 11.6. The van der Waals surface area contributed by atoms with Crippen molar-refractivity contribution in [3.8, 4) is 0 Å². The van der Waals surface area contributed by atoms with Gasteiger partial charge in [0.1, 0.15) is 6.10 Å². The summed E-state index contributed by atoms with van der Waals surface area (Å²) in [4.78, 5) is 33.7. The van der Waals surface area contributed by atoms with Gasteiger partial charge in [0.2, 0.25) is 0 Å². The second-order valence-electron chi connectivity index (χ2n) is 4.07. The lowest BCUT2D eigenvalue weighted by Crippen LogP contribution is -2.60. The fourth-order valence-corrected chi connectivity index (χ4v) is 2.41. The molecule has 1 aliphatic rings. The molecule has 20 heavy (non-hydrogen) atoms. The largest absolute Gasteiger partial charge is 0.467 e. The second-order valence-corrected chi connectivity index (χ2v) is 4.97. The van der Waals surface area contributed by atoms with Gasteiger partial charge in [-0.05, 0) is 0 Å². The Hall–Kier alpha value is -1.19. The van der Waals surface area contributed by atoms with Crippen LogP contribution in [0.2, 0.25) is 0 Å². The minimum absolute atomic E-state index is 0.653. The minimum atomic E-state index is -1.44. The van der Waals surface area contributed by atoms with Crippen LogP contribution in [0.3, 0.4) is 0 Å². The first-order valence-electron chi connectivity index (χ1n) is 5.67. The molecule has 1 fully saturated rings. The molecule has 0 spiro atoms. The number of methoxy groups -OCH3 is 1. The molecule has 0 aromatic carbocycles. The highest BCUT2D eigenvalue weighted by molar-refractivity contribution is 9.09. The molecule has 0 aliphatic carbocycles. The van der Waals surface area contributed by atoms with Gasteiger partial charge in [-0.3, -0.25) is 9.59 Å². The zero-order valence-electron chi connectivity index (χ0n) is 11.1. The van der Waals surface area contributed by atoms with Gasteiger partial charge in [-0.15, -0.1) is 0 Å². The van der Waals surface area contributed by atoms with Gasteiger partial charge in [0.15, 0.2) is 23.3 Å². The summed E-state index contributed by atoms with van der Waals surface area (Å²) >= 11 is 3.05. The van der Waals surface area contributed by atoms with Crippen molar-refractivity contribution in [2.75, 3.05) is 7.11 Å². The minimum Gasteiger partial charge on any atom is -0.467 e. The Balaban J connectivity index is 2.98. The van der Waals surface area contributed by atoms with Gasteiger partial charge < -0.3 is 24.1 Å². The standard InChI is InChI=1S/C11H15BrO8/c1-4(13)18-7-6(15)8(19-5(2)14)10(12)20-9(7)11(16)17-3/h6-10,15H,1-3H3/t6-,7-,8+,9?,10+/m1/s1. The number of aliphatic hydroxyl groups excluding tert-OH is 1. The topological polar surface area (TPSA) is 108 Å². The first-order chi connectivity index (χ1) is 9.27. The summed E-state index contributed by atoms with van der Waals surface area (Å²) in [6, 6.07) is 0. The first-order valence-corrected chi connectivity index (χ1v) is 6.59. The molecule has 1 saturated heterocycles. The number of hydrogen-bond acceptors (Lipinski definition) is 8. The number of carbonyl (C=O) groups is 3. The number of halogens is 1. The van der Waals surface area contributed by atoms with Gasteiger partial charge in [-0.1, -0.05) is 15.9 Å². The van der Waals surface area contributed by atoms with Gasteiger partial charge in [0.25, 0.3) is 0 Å². The lowest BCUT2D eigenvalue weighted by molar-refractivity contribution is -0.226. The molecule has 1 N–H and O–H groups in total. The van der Waals surface area contributed by atoms with Gasteiger partial charge in [0.05, 0.1) is 7.11 Å². The normalized spacial score (nSPS) is 33.1. The Morgan fingerprint density at radius 2 is 1.60 bits per heavy atom. The van der Waals surface area contributed by atoms with Crippen molar-refractivity contribution in [2.24, 2.45) is 0 Å². The van der Waals surface area contributed by atoms with Crippen molar-refractivity contribution >= 4 is 33.8 Å². The molecule has 0 amide bonds. The summed E-state index contributed by atoms with van der Waals surface area (Å²) in [5, 5.41) is 9.19. The van der Waals surface area contributed by atoms with E-state index < -0.39 is 47.3 Å². The molecule has 9 heteroatoms. The fourth-order valence-electron chi connectivity index (χ4n) is 1.76. The third-order valence-corrected chi connectivity index (χ3v) is 3.28. The molecule has 0 saturated carbocycles. The molecule has 1 unspecified atom stereocenters. The SMILES string of the molecule is COC(=O)C1O[C@H](Br)[C@@H](OC(C)=O)[C@H](O)[C@H]1OC(C)=O. The van der Waals surface area contributed by atoms with E-state index in [0.717, 1.165) is 21.0 Å². The van der Waals surface area contributed by atoms with Crippen molar-refractivity contribution < 1.29 is 38.4 Å². The van der Waals surface area contributed by atoms with E-state index in [2.05, 4.69) is 20.7 Å². The van der Waals surface area contributed by atoms with Crippen LogP contribution in [-0.2, 0) is 33.3 Å². The zero-order valence-corrected chi connectivity index (χ0v) is 12.7. The third-order valence-electron chi connectivity index (χ3n) is 2.54. The predicted molar refractivity (Wildman–Crippen MR) is 66.7 cm³/mol. The lowest BCUT2D eigenvalue weighted by atomic mass is 9.99. The van der Waals surface area contributed by atoms with E-state index in [4.69, 9.17) is 14.2 Å². The summed E-state index contributed by atoms with van der Waals surface area (Å²) in [6.07, 6.45) is -5.23. The van der Waals surface area contributed by atoms with E-state index in [0.29, 0.717) is 0 Å². The molecular formula is C11H15BrO8. The first kappa shape index (κ1) is 16.9. The summed E-state index contributed by atoms with van der Waals surface area (Å²) < 4.78 is 19.5. The molecule has 1 aliphatic heterocycles. The van der Waals surface area contributed by atoms with Crippen LogP contribution in [0, 0.1) is 0 Å². The predicted octanol–water partition coefficient (Wildman–Crippen LogP) is -0.497. The van der Waals surface area contributed by atoms with Crippen LogP contribution in [0.1, 0.15) is 13.8 Å². The van der Waals surface area contributed by atoms with Crippen molar-refractivity contribution in [1.29, 1.82) is 0 Å². The maximum atomic E-state index is 11.6. The Kier molecular flexibility index (Phi) is 5.90. The molecule has 1 heterocycles. The van der Waals surface area contributed by atoms with E-state index in [-0.39, 0.29) is 0 Å². The van der Waals surface area contributed by atoms with E-state index in [1.165, 1.54) is 0 Å². The number of aliphatic hydroxyl groups is 1. The molecule has 1 rings (SSSR count). The van der Waals surface area contributed by atoms with Gasteiger partial charge in [-0.2, -0.15) is 0 Å². The van der Waals surface area contributed by atoms with Crippen LogP contribution < -0.4 is 0 Å². The van der Waals surface area contributed by atoms with Crippen LogP contribution >= 0.6 is 15.9 Å². The van der Waals surface area contributed by atoms with Crippen molar-refractivity contribution in [2.45, 2.75) is 43.3 Å². The van der Waals surface area contributed by atoms with Crippen LogP contribution in [0.15, 0.2) is 0 Å². The summed E-state index contributed by atoms with van der Waals surface area (Å²) in [7, 11) is 1.13. The number of alkyl halides is 1. The average molecular weight is 355 g/mol.